The maximum atomic E-state index is 12.2. The molecule has 2 rings (SSSR count). The molecule has 1 aromatic heterocycles. The zero-order chi connectivity index (χ0) is 17.0. The molecular formula is C16H18N2O5. The van der Waals surface area contributed by atoms with Gasteiger partial charge in [0.25, 0.3) is 11.6 Å². The highest BCUT2D eigenvalue weighted by Gasteiger charge is 2.19. The second-order valence-corrected chi connectivity index (χ2v) is 5.40. The van der Waals surface area contributed by atoms with Crippen molar-refractivity contribution in [3.63, 3.8) is 0 Å². The number of nitro groups is 1. The number of hydrogen-bond acceptors (Lipinski definition) is 5. The summed E-state index contributed by atoms with van der Waals surface area (Å²) in [5.41, 5.74) is 0.607. The number of rotatable bonds is 6. The van der Waals surface area contributed by atoms with Gasteiger partial charge in [0.15, 0.2) is 0 Å². The minimum absolute atomic E-state index is 0.0964. The van der Waals surface area contributed by atoms with E-state index >= 15 is 0 Å². The summed E-state index contributed by atoms with van der Waals surface area (Å²) in [4.78, 5) is 22.6. The molecule has 0 saturated heterocycles. The number of nitro benzene ring substituents is 1. The van der Waals surface area contributed by atoms with Gasteiger partial charge < -0.3 is 14.8 Å². The third-order valence-corrected chi connectivity index (χ3v) is 3.49. The minimum Gasteiger partial charge on any atom is -0.467 e. The number of aliphatic hydroxyl groups excluding tert-OH is 1. The standard InChI is InChI=1S/C16H18N2O5/c1-10-5-6-12(9-13(10)18(21)22)16(20)17-11(2)8-14(19)15-4-3-7-23-15/h3-7,9,11,14,19H,8H2,1-2H3,(H,17,20). The molecule has 1 heterocycles. The van der Waals surface area contributed by atoms with Crippen molar-refractivity contribution in [2.75, 3.05) is 0 Å². The summed E-state index contributed by atoms with van der Waals surface area (Å²) in [6.45, 7) is 3.36. The first kappa shape index (κ1) is 16.7. The molecule has 122 valence electrons. The Morgan fingerprint density at radius 1 is 1.43 bits per heavy atom. The second kappa shape index (κ2) is 7.06. The minimum atomic E-state index is -0.826. The summed E-state index contributed by atoms with van der Waals surface area (Å²) in [5.74, 6) is 0.00400. The second-order valence-electron chi connectivity index (χ2n) is 5.40. The monoisotopic (exact) mass is 318 g/mol. The molecule has 0 spiro atoms. The number of furan rings is 1. The molecule has 2 atom stereocenters. The normalized spacial score (nSPS) is 13.3. The van der Waals surface area contributed by atoms with Gasteiger partial charge in [0.05, 0.1) is 11.2 Å². The van der Waals surface area contributed by atoms with E-state index in [1.165, 1.54) is 24.5 Å². The lowest BCUT2D eigenvalue weighted by molar-refractivity contribution is -0.385. The van der Waals surface area contributed by atoms with Crippen molar-refractivity contribution in [3.8, 4) is 0 Å². The van der Waals surface area contributed by atoms with Crippen molar-refractivity contribution in [1.82, 2.24) is 5.32 Å². The number of benzene rings is 1. The van der Waals surface area contributed by atoms with Gasteiger partial charge in [0, 0.05) is 29.7 Å². The fourth-order valence-electron chi connectivity index (χ4n) is 2.25. The molecule has 2 unspecified atom stereocenters. The Kier molecular flexibility index (Phi) is 5.13. The van der Waals surface area contributed by atoms with E-state index in [1.807, 2.05) is 0 Å². The Labute approximate surface area is 133 Å². The Bertz CT molecular complexity index is 697. The molecule has 7 heteroatoms. The van der Waals surface area contributed by atoms with Gasteiger partial charge in [0.1, 0.15) is 11.9 Å². The van der Waals surface area contributed by atoms with Crippen LogP contribution in [0.15, 0.2) is 41.0 Å². The first-order valence-corrected chi connectivity index (χ1v) is 7.16. The fraction of sp³-hybridized carbons (Fsp3) is 0.312. The van der Waals surface area contributed by atoms with E-state index in [9.17, 15) is 20.0 Å². The van der Waals surface area contributed by atoms with Crippen LogP contribution in [-0.2, 0) is 0 Å². The maximum Gasteiger partial charge on any atom is 0.273 e. The zero-order valence-corrected chi connectivity index (χ0v) is 12.9. The fourth-order valence-corrected chi connectivity index (χ4v) is 2.25. The average Bonchev–Trinajstić information content (AvgIpc) is 3.01. The summed E-state index contributed by atoms with van der Waals surface area (Å²) in [6.07, 6.45) is 0.910. The summed E-state index contributed by atoms with van der Waals surface area (Å²) < 4.78 is 5.10. The maximum absolute atomic E-state index is 12.2. The van der Waals surface area contributed by atoms with Gasteiger partial charge in [-0.1, -0.05) is 6.07 Å². The van der Waals surface area contributed by atoms with E-state index in [0.717, 1.165) is 0 Å². The van der Waals surface area contributed by atoms with Crippen LogP contribution in [0.3, 0.4) is 0 Å². The molecule has 0 bridgehead atoms. The van der Waals surface area contributed by atoms with E-state index in [1.54, 1.807) is 26.0 Å². The molecule has 0 radical (unpaired) electrons. The Balaban J connectivity index is 2.01. The SMILES string of the molecule is Cc1ccc(C(=O)NC(C)CC(O)c2ccco2)cc1[N+](=O)[O-]. The predicted molar refractivity (Wildman–Crippen MR) is 83.0 cm³/mol. The van der Waals surface area contributed by atoms with Gasteiger partial charge in [-0.05, 0) is 32.0 Å². The van der Waals surface area contributed by atoms with Gasteiger partial charge in [-0.25, -0.2) is 0 Å². The lowest BCUT2D eigenvalue weighted by atomic mass is 10.1. The number of carbonyl (C=O) groups is 1. The van der Waals surface area contributed by atoms with Gasteiger partial charge >= 0.3 is 0 Å². The topological polar surface area (TPSA) is 106 Å². The molecular weight excluding hydrogens is 300 g/mol. The van der Waals surface area contributed by atoms with Crippen molar-refractivity contribution in [2.45, 2.75) is 32.4 Å². The highest BCUT2D eigenvalue weighted by molar-refractivity contribution is 5.95. The van der Waals surface area contributed by atoms with Crippen LogP contribution in [0.1, 0.15) is 41.1 Å². The van der Waals surface area contributed by atoms with Crippen LogP contribution >= 0.6 is 0 Å². The number of nitrogens with one attached hydrogen (secondary N) is 1. The van der Waals surface area contributed by atoms with E-state index in [4.69, 9.17) is 4.42 Å². The van der Waals surface area contributed by atoms with E-state index in [-0.39, 0.29) is 23.7 Å². The smallest absolute Gasteiger partial charge is 0.273 e. The Morgan fingerprint density at radius 3 is 2.78 bits per heavy atom. The van der Waals surface area contributed by atoms with Gasteiger partial charge in [-0.15, -0.1) is 0 Å². The van der Waals surface area contributed by atoms with Crippen molar-refractivity contribution in [2.24, 2.45) is 0 Å². The number of aryl methyl sites for hydroxylation is 1. The van der Waals surface area contributed by atoms with Crippen molar-refractivity contribution >= 4 is 11.6 Å². The lowest BCUT2D eigenvalue weighted by Crippen LogP contribution is -2.33. The molecule has 7 nitrogen and oxygen atoms in total. The van der Waals surface area contributed by atoms with Gasteiger partial charge in [0.2, 0.25) is 0 Å². The van der Waals surface area contributed by atoms with Crippen LogP contribution in [-0.4, -0.2) is 22.0 Å². The van der Waals surface area contributed by atoms with Crippen LogP contribution in [0, 0.1) is 17.0 Å². The van der Waals surface area contributed by atoms with Crippen LogP contribution in [0.2, 0.25) is 0 Å². The molecule has 0 aliphatic carbocycles. The Morgan fingerprint density at radius 2 is 2.17 bits per heavy atom. The average molecular weight is 318 g/mol. The molecule has 0 aliphatic rings. The third-order valence-electron chi connectivity index (χ3n) is 3.49. The first-order valence-electron chi connectivity index (χ1n) is 7.16. The molecule has 0 fully saturated rings. The third kappa shape index (κ3) is 4.17. The molecule has 1 aromatic carbocycles. The van der Waals surface area contributed by atoms with Crippen molar-refractivity contribution < 1.29 is 19.2 Å². The highest BCUT2D eigenvalue weighted by Crippen LogP contribution is 2.21. The Hall–Kier alpha value is -2.67. The first-order chi connectivity index (χ1) is 10.9. The molecule has 2 aromatic rings. The summed E-state index contributed by atoms with van der Waals surface area (Å²) >= 11 is 0. The number of nitrogens with zero attached hydrogens (tertiary/aromatic N) is 1. The quantitative estimate of drug-likeness (QED) is 0.629. The highest BCUT2D eigenvalue weighted by atomic mass is 16.6. The summed E-state index contributed by atoms with van der Waals surface area (Å²) in [5, 5.41) is 23.6. The molecule has 2 N–H and O–H groups in total. The van der Waals surface area contributed by atoms with Crippen molar-refractivity contribution in [3.05, 3.63) is 63.6 Å². The number of hydrogen-bond donors (Lipinski definition) is 2. The van der Waals surface area contributed by atoms with Crippen LogP contribution in [0.5, 0.6) is 0 Å². The van der Waals surface area contributed by atoms with Gasteiger partial charge in [-0.2, -0.15) is 0 Å². The number of amides is 1. The summed E-state index contributed by atoms with van der Waals surface area (Å²) in [7, 11) is 0. The van der Waals surface area contributed by atoms with Crippen LogP contribution in [0.4, 0.5) is 5.69 Å². The number of carbonyl (C=O) groups excluding carboxylic acids is 1. The van der Waals surface area contributed by atoms with Crippen molar-refractivity contribution in [1.29, 1.82) is 0 Å². The van der Waals surface area contributed by atoms with Crippen LogP contribution in [0.25, 0.3) is 0 Å². The molecule has 1 amide bonds. The lowest BCUT2D eigenvalue weighted by Gasteiger charge is -2.16. The number of aliphatic hydroxyl groups is 1. The predicted octanol–water partition coefficient (Wildman–Crippen LogP) is 2.74. The zero-order valence-electron chi connectivity index (χ0n) is 12.9. The molecule has 0 saturated carbocycles. The summed E-state index contributed by atoms with van der Waals surface area (Å²) in [6, 6.07) is 7.32. The molecule has 0 aliphatic heterocycles. The van der Waals surface area contributed by atoms with Crippen LogP contribution < -0.4 is 5.32 Å². The van der Waals surface area contributed by atoms with E-state index in [0.29, 0.717) is 11.3 Å². The largest absolute Gasteiger partial charge is 0.467 e. The van der Waals surface area contributed by atoms with E-state index in [2.05, 4.69) is 5.32 Å². The molecule has 23 heavy (non-hydrogen) atoms. The van der Waals surface area contributed by atoms with Gasteiger partial charge in [-0.3, -0.25) is 14.9 Å². The van der Waals surface area contributed by atoms with E-state index < -0.39 is 16.9 Å².